The van der Waals surface area contributed by atoms with E-state index in [1.807, 2.05) is 11.3 Å². The summed E-state index contributed by atoms with van der Waals surface area (Å²) in [5, 5.41) is 6.25. The van der Waals surface area contributed by atoms with E-state index >= 15 is 0 Å². The molecule has 0 saturated carbocycles. The molecule has 1 atom stereocenters. The fraction of sp³-hybridized carbons (Fsp3) is 0.263. The van der Waals surface area contributed by atoms with Crippen LogP contribution in [0.3, 0.4) is 0 Å². The number of fused-ring (bicyclic) bond motifs is 1. The Kier molecular flexibility index (Phi) is 4.37. The van der Waals surface area contributed by atoms with Crippen LogP contribution in [0.1, 0.15) is 22.2 Å². The van der Waals surface area contributed by atoms with Crippen molar-refractivity contribution in [2.45, 2.75) is 32.9 Å². The molecule has 0 radical (unpaired) electrons. The van der Waals surface area contributed by atoms with E-state index in [0.29, 0.717) is 6.04 Å². The molecule has 1 heterocycles. The molecule has 1 N–H and O–H groups in total. The quantitative estimate of drug-likeness (QED) is 0.703. The van der Waals surface area contributed by atoms with E-state index in [0.717, 1.165) is 13.0 Å². The molecule has 0 aliphatic rings. The van der Waals surface area contributed by atoms with E-state index in [9.17, 15) is 0 Å². The van der Waals surface area contributed by atoms with Crippen molar-refractivity contribution in [1.82, 2.24) is 5.32 Å². The number of benzene rings is 2. The third kappa shape index (κ3) is 3.72. The Morgan fingerprint density at radius 3 is 2.57 bits per heavy atom. The molecule has 3 rings (SSSR count). The number of hydrogen-bond donors (Lipinski definition) is 1. The molecular formula is C19H21NS. The standard InChI is InChI=1S/C19H21NS/c1-14(11-19-10-7-15(2)21-19)20-13-16-8-9-17-5-3-4-6-18(17)12-16/h3-10,12,14,20H,11,13H2,1-2H3. The zero-order valence-corrected chi connectivity index (χ0v) is 13.4. The first-order chi connectivity index (χ1) is 10.2. The first kappa shape index (κ1) is 14.3. The third-order valence-corrected chi connectivity index (χ3v) is 4.79. The van der Waals surface area contributed by atoms with Gasteiger partial charge in [0.2, 0.25) is 0 Å². The van der Waals surface area contributed by atoms with Crippen LogP contribution in [0.5, 0.6) is 0 Å². The molecule has 108 valence electrons. The fourth-order valence-electron chi connectivity index (χ4n) is 2.61. The van der Waals surface area contributed by atoms with Gasteiger partial charge in [0.15, 0.2) is 0 Å². The summed E-state index contributed by atoms with van der Waals surface area (Å²) >= 11 is 1.90. The summed E-state index contributed by atoms with van der Waals surface area (Å²) in [6, 6.07) is 20.2. The van der Waals surface area contributed by atoms with Gasteiger partial charge in [0.1, 0.15) is 0 Å². The molecule has 0 spiro atoms. The number of hydrogen-bond acceptors (Lipinski definition) is 2. The van der Waals surface area contributed by atoms with Gasteiger partial charge in [0.05, 0.1) is 0 Å². The van der Waals surface area contributed by atoms with Crippen molar-refractivity contribution >= 4 is 22.1 Å². The van der Waals surface area contributed by atoms with E-state index < -0.39 is 0 Å². The van der Waals surface area contributed by atoms with Crippen LogP contribution in [0, 0.1) is 6.92 Å². The summed E-state index contributed by atoms with van der Waals surface area (Å²) in [5.41, 5.74) is 1.35. The van der Waals surface area contributed by atoms with Crippen molar-refractivity contribution in [3.63, 3.8) is 0 Å². The minimum Gasteiger partial charge on any atom is -0.310 e. The molecular weight excluding hydrogens is 274 g/mol. The monoisotopic (exact) mass is 295 g/mol. The van der Waals surface area contributed by atoms with Gasteiger partial charge in [-0.3, -0.25) is 0 Å². The van der Waals surface area contributed by atoms with Crippen molar-refractivity contribution in [2.75, 3.05) is 0 Å². The molecule has 0 bridgehead atoms. The Bertz CT molecular complexity index is 729. The van der Waals surface area contributed by atoms with Crippen molar-refractivity contribution in [3.05, 3.63) is 69.9 Å². The predicted molar refractivity (Wildman–Crippen MR) is 93.0 cm³/mol. The lowest BCUT2D eigenvalue weighted by Crippen LogP contribution is -2.27. The third-order valence-electron chi connectivity index (χ3n) is 3.77. The van der Waals surface area contributed by atoms with Crippen molar-refractivity contribution in [3.8, 4) is 0 Å². The second-order valence-corrected chi connectivity index (χ2v) is 7.05. The van der Waals surface area contributed by atoms with E-state index in [1.54, 1.807) is 0 Å². The molecule has 3 aromatic rings. The van der Waals surface area contributed by atoms with Gasteiger partial charge in [-0.2, -0.15) is 0 Å². The number of rotatable bonds is 5. The second kappa shape index (κ2) is 6.42. The summed E-state index contributed by atoms with van der Waals surface area (Å²) in [7, 11) is 0. The summed E-state index contributed by atoms with van der Waals surface area (Å²) in [6.45, 7) is 5.35. The Balaban J connectivity index is 1.60. The Morgan fingerprint density at radius 2 is 1.81 bits per heavy atom. The summed E-state index contributed by atoms with van der Waals surface area (Å²) in [6.07, 6.45) is 1.10. The molecule has 0 amide bonds. The highest BCUT2D eigenvalue weighted by Crippen LogP contribution is 2.18. The smallest absolute Gasteiger partial charge is 0.0208 e. The Morgan fingerprint density at radius 1 is 1.00 bits per heavy atom. The molecule has 2 heteroatoms. The number of nitrogens with one attached hydrogen (secondary N) is 1. The topological polar surface area (TPSA) is 12.0 Å². The van der Waals surface area contributed by atoms with E-state index in [2.05, 4.69) is 73.8 Å². The van der Waals surface area contributed by atoms with E-state index in [4.69, 9.17) is 0 Å². The SMILES string of the molecule is Cc1ccc(CC(C)NCc2ccc3ccccc3c2)s1. The molecule has 1 aromatic heterocycles. The predicted octanol–water partition coefficient (Wildman–Crippen LogP) is 4.93. The highest BCUT2D eigenvalue weighted by Gasteiger charge is 2.05. The zero-order chi connectivity index (χ0) is 14.7. The minimum absolute atomic E-state index is 0.495. The molecule has 2 aromatic carbocycles. The lowest BCUT2D eigenvalue weighted by molar-refractivity contribution is 0.549. The van der Waals surface area contributed by atoms with Crippen LogP contribution in [-0.2, 0) is 13.0 Å². The lowest BCUT2D eigenvalue weighted by atomic mass is 10.1. The van der Waals surface area contributed by atoms with Crippen molar-refractivity contribution in [1.29, 1.82) is 0 Å². The largest absolute Gasteiger partial charge is 0.310 e. The van der Waals surface area contributed by atoms with Crippen LogP contribution in [0.25, 0.3) is 10.8 Å². The normalized spacial score (nSPS) is 12.7. The average molecular weight is 295 g/mol. The zero-order valence-electron chi connectivity index (χ0n) is 12.6. The number of thiophene rings is 1. The van der Waals surface area contributed by atoms with Gasteiger partial charge in [-0.1, -0.05) is 36.4 Å². The van der Waals surface area contributed by atoms with Crippen LogP contribution in [0.4, 0.5) is 0 Å². The van der Waals surface area contributed by atoms with Crippen LogP contribution in [-0.4, -0.2) is 6.04 Å². The highest BCUT2D eigenvalue weighted by atomic mass is 32.1. The maximum atomic E-state index is 3.63. The van der Waals surface area contributed by atoms with E-state index in [-0.39, 0.29) is 0 Å². The van der Waals surface area contributed by atoms with Gasteiger partial charge in [0, 0.05) is 22.3 Å². The minimum atomic E-state index is 0.495. The summed E-state index contributed by atoms with van der Waals surface area (Å²) in [4.78, 5) is 2.86. The van der Waals surface area contributed by atoms with Crippen LogP contribution >= 0.6 is 11.3 Å². The first-order valence-electron chi connectivity index (χ1n) is 7.47. The van der Waals surface area contributed by atoms with Gasteiger partial charge in [-0.15, -0.1) is 11.3 Å². The molecule has 21 heavy (non-hydrogen) atoms. The van der Waals surface area contributed by atoms with Gasteiger partial charge in [-0.25, -0.2) is 0 Å². The van der Waals surface area contributed by atoms with Gasteiger partial charge >= 0.3 is 0 Å². The fourth-order valence-corrected chi connectivity index (χ4v) is 3.63. The van der Waals surface area contributed by atoms with Gasteiger partial charge < -0.3 is 5.32 Å². The summed E-state index contributed by atoms with van der Waals surface area (Å²) < 4.78 is 0. The number of aryl methyl sites for hydroxylation is 1. The van der Waals surface area contributed by atoms with Crippen LogP contribution in [0.2, 0.25) is 0 Å². The second-order valence-electron chi connectivity index (χ2n) is 5.68. The Hall–Kier alpha value is -1.64. The van der Waals surface area contributed by atoms with Gasteiger partial charge in [0.25, 0.3) is 0 Å². The van der Waals surface area contributed by atoms with Crippen LogP contribution < -0.4 is 5.32 Å². The maximum Gasteiger partial charge on any atom is 0.0208 e. The van der Waals surface area contributed by atoms with E-state index in [1.165, 1.54) is 26.1 Å². The van der Waals surface area contributed by atoms with Gasteiger partial charge in [-0.05, 0) is 54.8 Å². The van der Waals surface area contributed by atoms with Crippen molar-refractivity contribution < 1.29 is 0 Å². The van der Waals surface area contributed by atoms with Crippen molar-refractivity contribution in [2.24, 2.45) is 0 Å². The molecule has 0 saturated heterocycles. The molecule has 0 fully saturated rings. The average Bonchev–Trinajstić information content (AvgIpc) is 2.90. The molecule has 0 aliphatic carbocycles. The highest BCUT2D eigenvalue weighted by molar-refractivity contribution is 7.11. The lowest BCUT2D eigenvalue weighted by Gasteiger charge is -2.13. The first-order valence-corrected chi connectivity index (χ1v) is 8.29. The molecule has 1 unspecified atom stereocenters. The maximum absolute atomic E-state index is 3.63. The van der Waals surface area contributed by atoms with Crippen LogP contribution in [0.15, 0.2) is 54.6 Å². The molecule has 0 aliphatic heterocycles. The molecule has 1 nitrogen and oxygen atoms in total. The summed E-state index contributed by atoms with van der Waals surface area (Å²) in [5.74, 6) is 0. The Labute approximate surface area is 130 Å².